The molecule has 4 rings (SSSR count). The van der Waals surface area contributed by atoms with Gasteiger partial charge in [-0.3, -0.25) is 14.6 Å². The standard InChI is InChI=1S/C34H39FN4O4/c1-33(2,35)19-10-9-18-30(40)34(21-24-12-5-4-6-13-24,32(42)37-22-25-14-11-15-26(20-25)43-3)39-31(41)29-23-36-27-16-7-8-17-28(27)38-29/h4-8,11-17,20,23,30,40H,9-10,18-19,21-22H2,1-3H3,(H,37,42)(H,39,41)/t30-,34-/m0/s1. The Hall–Kier alpha value is -4.37. The molecule has 0 aliphatic rings. The van der Waals surface area contributed by atoms with Crippen molar-refractivity contribution in [1.29, 1.82) is 0 Å². The first kappa shape index (κ1) is 31.6. The first-order valence-electron chi connectivity index (χ1n) is 14.5. The molecule has 3 aromatic carbocycles. The molecule has 226 valence electrons. The zero-order chi connectivity index (χ0) is 30.9. The van der Waals surface area contributed by atoms with E-state index in [1.165, 1.54) is 20.0 Å². The maximum Gasteiger partial charge on any atom is 0.272 e. The van der Waals surface area contributed by atoms with Crippen LogP contribution < -0.4 is 15.4 Å². The molecule has 0 unspecified atom stereocenters. The minimum absolute atomic E-state index is 0.0142. The first-order chi connectivity index (χ1) is 20.6. The Labute approximate surface area is 251 Å². The lowest BCUT2D eigenvalue weighted by Crippen LogP contribution is -2.66. The zero-order valence-electron chi connectivity index (χ0n) is 24.8. The number of rotatable bonds is 14. The molecule has 0 aliphatic carbocycles. The van der Waals surface area contributed by atoms with Gasteiger partial charge in [0.15, 0.2) is 0 Å². The summed E-state index contributed by atoms with van der Waals surface area (Å²) >= 11 is 0. The molecular weight excluding hydrogens is 547 g/mol. The smallest absolute Gasteiger partial charge is 0.272 e. The largest absolute Gasteiger partial charge is 0.497 e. The second-order valence-corrected chi connectivity index (χ2v) is 11.3. The highest BCUT2D eigenvalue weighted by molar-refractivity contribution is 5.99. The highest BCUT2D eigenvalue weighted by atomic mass is 19.1. The van der Waals surface area contributed by atoms with Gasteiger partial charge in [0, 0.05) is 13.0 Å². The van der Waals surface area contributed by atoms with Gasteiger partial charge in [-0.25, -0.2) is 9.37 Å². The average Bonchev–Trinajstić information content (AvgIpc) is 3.01. The zero-order valence-corrected chi connectivity index (χ0v) is 24.8. The lowest BCUT2D eigenvalue weighted by molar-refractivity contribution is -0.132. The predicted octanol–water partition coefficient (Wildman–Crippen LogP) is 5.34. The summed E-state index contributed by atoms with van der Waals surface area (Å²) in [5.41, 5.74) is -0.412. The van der Waals surface area contributed by atoms with Crippen LogP contribution >= 0.6 is 0 Å². The fourth-order valence-electron chi connectivity index (χ4n) is 5.04. The minimum Gasteiger partial charge on any atom is -0.497 e. The van der Waals surface area contributed by atoms with Crippen LogP contribution in [-0.2, 0) is 17.8 Å². The van der Waals surface area contributed by atoms with E-state index in [2.05, 4.69) is 20.6 Å². The van der Waals surface area contributed by atoms with Crippen LogP contribution in [0, 0.1) is 0 Å². The number of ether oxygens (including phenoxy) is 1. The van der Waals surface area contributed by atoms with E-state index in [9.17, 15) is 19.1 Å². The van der Waals surface area contributed by atoms with Crippen molar-refractivity contribution < 1.29 is 23.8 Å². The van der Waals surface area contributed by atoms with E-state index in [0.29, 0.717) is 36.0 Å². The Bertz CT molecular complexity index is 1530. The Balaban J connectivity index is 1.68. The normalized spacial score (nSPS) is 13.6. The average molecular weight is 587 g/mol. The molecule has 0 radical (unpaired) electrons. The maximum atomic E-state index is 14.2. The molecule has 43 heavy (non-hydrogen) atoms. The van der Waals surface area contributed by atoms with Crippen molar-refractivity contribution in [3.8, 4) is 5.75 Å². The van der Waals surface area contributed by atoms with Crippen molar-refractivity contribution in [2.75, 3.05) is 7.11 Å². The highest BCUT2D eigenvalue weighted by Gasteiger charge is 2.46. The predicted molar refractivity (Wildman–Crippen MR) is 164 cm³/mol. The van der Waals surface area contributed by atoms with Gasteiger partial charge in [-0.05, 0) is 62.1 Å². The van der Waals surface area contributed by atoms with Crippen LogP contribution in [-0.4, -0.2) is 51.3 Å². The number of carbonyl (C=O) groups excluding carboxylic acids is 2. The quantitative estimate of drug-likeness (QED) is 0.172. The fraction of sp³-hybridized carbons (Fsp3) is 0.353. The monoisotopic (exact) mass is 586 g/mol. The number of halogens is 1. The number of benzene rings is 3. The SMILES string of the molecule is COc1cccc(CNC(=O)[C@@](Cc2ccccc2)(NC(=O)c2cnc3ccccc3n2)[C@@H](O)CCCCC(C)(C)F)c1. The van der Waals surface area contributed by atoms with Gasteiger partial charge in [-0.2, -0.15) is 0 Å². The Morgan fingerprint density at radius 2 is 1.65 bits per heavy atom. The van der Waals surface area contributed by atoms with Crippen molar-refractivity contribution in [1.82, 2.24) is 20.6 Å². The molecule has 3 N–H and O–H groups in total. The van der Waals surface area contributed by atoms with E-state index in [4.69, 9.17) is 4.74 Å². The van der Waals surface area contributed by atoms with Crippen molar-refractivity contribution >= 4 is 22.8 Å². The molecule has 8 nitrogen and oxygen atoms in total. The summed E-state index contributed by atoms with van der Waals surface area (Å²) in [5, 5.41) is 17.5. The number of amides is 2. The molecule has 0 saturated heterocycles. The van der Waals surface area contributed by atoms with Gasteiger partial charge in [-0.15, -0.1) is 0 Å². The molecule has 1 aromatic heterocycles. The number of aliphatic hydroxyl groups excluding tert-OH is 1. The Morgan fingerprint density at radius 3 is 2.37 bits per heavy atom. The number of para-hydroxylation sites is 2. The summed E-state index contributed by atoms with van der Waals surface area (Å²) in [6.45, 7) is 3.17. The number of fused-ring (bicyclic) bond motifs is 1. The number of aromatic nitrogens is 2. The topological polar surface area (TPSA) is 113 Å². The van der Waals surface area contributed by atoms with E-state index in [-0.39, 0.29) is 25.1 Å². The van der Waals surface area contributed by atoms with Gasteiger partial charge in [-0.1, -0.05) is 67.4 Å². The molecule has 0 bridgehead atoms. The van der Waals surface area contributed by atoms with E-state index < -0.39 is 29.1 Å². The van der Waals surface area contributed by atoms with E-state index in [1.807, 2.05) is 48.5 Å². The lowest BCUT2D eigenvalue weighted by Gasteiger charge is -2.38. The van der Waals surface area contributed by atoms with Crippen molar-refractivity contribution in [3.63, 3.8) is 0 Å². The van der Waals surface area contributed by atoms with Crippen molar-refractivity contribution in [2.45, 2.75) is 69.8 Å². The number of hydrogen-bond donors (Lipinski definition) is 3. The van der Waals surface area contributed by atoms with Crippen LogP contribution in [0.15, 0.2) is 85.1 Å². The van der Waals surface area contributed by atoms with Crippen LogP contribution in [0.3, 0.4) is 0 Å². The summed E-state index contributed by atoms with van der Waals surface area (Å²) in [6.07, 6.45) is 1.52. The molecule has 4 aromatic rings. The molecule has 1 heterocycles. The molecular formula is C34H39FN4O4. The second-order valence-electron chi connectivity index (χ2n) is 11.3. The molecule has 0 spiro atoms. The molecule has 9 heteroatoms. The number of nitrogens with zero attached hydrogens (tertiary/aromatic N) is 2. The summed E-state index contributed by atoms with van der Waals surface area (Å²) in [4.78, 5) is 36.8. The number of carbonyl (C=O) groups is 2. The number of hydrogen-bond acceptors (Lipinski definition) is 6. The minimum atomic E-state index is -1.77. The number of unbranched alkanes of at least 4 members (excludes halogenated alkanes) is 1. The Kier molecular flexibility index (Phi) is 10.4. The fourth-order valence-corrected chi connectivity index (χ4v) is 5.04. The molecule has 0 saturated carbocycles. The molecule has 2 amide bonds. The summed E-state index contributed by atoms with van der Waals surface area (Å²) in [7, 11) is 1.56. The molecule has 2 atom stereocenters. The summed E-state index contributed by atoms with van der Waals surface area (Å²) in [5.74, 6) is -0.560. The third-order valence-electron chi connectivity index (χ3n) is 7.40. The summed E-state index contributed by atoms with van der Waals surface area (Å²) in [6, 6.07) is 23.6. The van der Waals surface area contributed by atoms with Gasteiger partial charge in [0.25, 0.3) is 5.91 Å². The van der Waals surface area contributed by atoms with Crippen LogP contribution in [0.2, 0.25) is 0 Å². The second kappa shape index (κ2) is 14.2. The van der Waals surface area contributed by atoms with Crippen LogP contribution in [0.1, 0.15) is 61.1 Å². The molecule has 0 fully saturated rings. The third-order valence-corrected chi connectivity index (χ3v) is 7.40. The van der Waals surface area contributed by atoms with Crippen molar-refractivity contribution in [2.24, 2.45) is 0 Å². The highest BCUT2D eigenvalue weighted by Crippen LogP contribution is 2.26. The first-order valence-corrected chi connectivity index (χ1v) is 14.5. The molecule has 0 aliphatic heterocycles. The number of aliphatic hydroxyl groups is 1. The lowest BCUT2D eigenvalue weighted by atomic mass is 9.81. The number of alkyl halides is 1. The third kappa shape index (κ3) is 8.58. The van der Waals surface area contributed by atoms with Gasteiger partial charge in [0.2, 0.25) is 5.91 Å². The van der Waals surface area contributed by atoms with E-state index >= 15 is 0 Å². The van der Waals surface area contributed by atoms with Gasteiger partial charge in [0.05, 0.1) is 30.4 Å². The van der Waals surface area contributed by atoms with E-state index in [1.54, 1.807) is 37.4 Å². The maximum absolute atomic E-state index is 14.2. The van der Waals surface area contributed by atoms with E-state index in [0.717, 1.165) is 11.1 Å². The van der Waals surface area contributed by atoms with Crippen LogP contribution in [0.4, 0.5) is 4.39 Å². The summed E-state index contributed by atoms with van der Waals surface area (Å²) < 4.78 is 19.5. The number of methoxy groups -OCH3 is 1. The van der Waals surface area contributed by atoms with Crippen LogP contribution in [0.25, 0.3) is 11.0 Å². The van der Waals surface area contributed by atoms with Gasteiger partial charge in [0.1, 0.15) is 22.7 Å². The Morgan fingerprint density at radius 1 is 0.953 bits per heavy atom. The van der Waals surface area contributed by atoms with Crippen LogP contribution in [0.5, 0.6) is 5.75 Å². The van der Waals surface area contributed by atoms with Gasteiger partial charge >= 0.3 is 0 Å². The van der Waals surface area contributed by atoms with Gasteiger partial charge < -0.3 is 20.5 Å². The van der Waals surface area contributed by atoms with Crippen molar-refractivity contribution in [3.05, 3.63) is 102 Å². The number of nitrogens with one attached hydrogen (secondary N) is 2.